The average molecular weight is 225 g/mol. The van der Waals surface area contributed by atoms with E-state index in [0.29, 0.717) is 6.42 Å². The fraction of sp³-hybridized carbons (Fsp3) is 0.600. The first-order chi connectivity index (χ1) is 7.65. The lowest BCUT2D eigenvalue weighted by molar-refractivity contribution is 0.316. The molecule has 0 aromatic carbocycles. The van der Waals surface area contributed by atoms with Gasteiger partial charge < -0.3 is 16.3 Å². The molecule has 0 spiro atoms. The smallest absolute Gasteiger partial charge is 0.139 e. The molecule has 16 heavy (non-hydrogen) atoms. The van der Waals surface area contributed by atoms with Gasteiger partial charge in [-0.15, -0.1) is 0 Å². The molecule has 0 unspecified atom stereocenters. The lowest BCUT2D eigenvalue weighted by Gasteiger charge is -2.04. The van der Waals surface area contributed by atoms with Gasteiger partial charge in [-0.3, -0.25) is 4.68 Å². The van der Waals surface area contributed by atoms with Gasteiger partial charge in [-0.05, 0) is 19.9 Å². The van der Waals surface area contributed by atoms with E-state index >= 15 is 0 Å². The molecule has 0 atom stereocenters. The highest BCUT2D eigenvalue weighted by Crippen LogP contribution is 2.04. The predicted octanol–water partition coefficient (Wildman–Crippen LogP) is 0.345. The van der Waals surface area contributed by atoms with Gasteiger partial charge in [-0.2, -0.15) is 5.10 Å². The maximum absolute atomic E-state index is 8.34. The summed E-state index contributed by atoms with van der Waals surface area (Å²) < 4.78 is 1.85. The number of hydrogen-bond acceptors (Lipinski definition) is 4. The first-order valence-corrected chi connectivity index (χ1v) is 5.29. The number of amidine groups is 1. The van der Waals surface area contributed by atoms with Gasteiger partial charge >= 0.3 is 0 Å². The average Bonchev–Trinajstić information content (AvgIpc) is 2.60. The molecule has 6 nitrogen and oxygen atoms in total. The Morgan fingerprint density at radius 1 is 1.69 bits per heavy atom. The summed E-state index contributed by atoms with van der Waals surface area (Å²) in [4.78, 5) is 0. The molecule has 1 aromatic rings. The van der Waals surface area contributed by atoms with Crippen LogP contribution in [0.4, 0.5) is 0 Å². The zero-order chi connectivity index (χ0) is 12.0. The summed E-state index contributed by atoms with van der Waals surface area (Å²) in [5.74, 6) is 0.277. The van der Waals surface area contributed by atoms with E-state index in [9.17, 15) is 0 Å². The van der Waals surface area contributed by atoms with E-state index < -0.39 is 0 Å². The molecule has 0 amide bonds. The first-order valence-electron chi connectivity index (χ1n) is 5.29. The molecule has 0 bridgehead atoms. The molecule has 0 radical (unpaired) electrons. The van der Waals surface area contributed by atoms with Crippen LogP contribution in [-0.2, 0) is 13.6 Å². The summed E-state index contributed by atoms with van der Waals surface area (Å²) in [6, 6.07) is 0. The fourth-order valence-corrected chi connectivity index (χ4v) is 1.39. The number of aromatic nitrogens is 2. The van der Waals surface area contributed by atoms with Crippen LogP contribution in [0.15, 0.2) is 11.4 Å². The molecule has 1 heterocycles. The molecule has 0 aliphatic rings. The SMILES string of the molecule is Cc1c(CNCCCC(N)=NO)cnn1C. The molecule has 1 aromatic heterocycles. The Morgan fingerprint density at radius 3 is 3.00 bits per heavy atom. The van der Waals surface area contributed by atoms with Crippen molar-refractivity contribution in [3.8, 4) is 0 Å². The summed E-state index contributed by atoms with van der Waals surface area (Å²) in [6.45, 7) is 3.68. The Kier molecular flexibility index (Phi) is 4.78. The van der Waals surface area contributed by atoms with E-state index in [-0.39, 0.29) is 5.84 Å². The van der Waals surface area contributed by atoms with Crippen LogP contribution in [0, 0.1) is 6.92 Å². The standard InChI is InChI=1S/C10H19N5O/c1-8-9(7-13-15(8)2)6-12-5-3-4-10(11)14-16/h7,12,16H,3-6H2,1-2H3,(H2,11,14). The lowest BCUT2D eigenvalue weighted by Crippen LogP contribution is -2.18. The number of oxime groups is 1. The van der Waals surface area contributed by atoms with E-state index in [4.69, 9.17) is 10.9 Å². The lowest BCUT2D eigenvalue weighted by atomic mass is 10.2. The highest BCUT2D eigenvalue weighted by molar-refractivity contribution is 5.79. The van der Waals surface area contributed by atoms with Crippen LogP contribution in [0.3, 0.4) is 0 Å². The van der Waals surface area contributed by atoms with Gasteiger partial charge in [0.2, 0.25) is 0 Å². The molecule has 0 aliphatic carbocycles. The number of aryl methyl sites for hydroxylation is 1. The zero-order valence-electron chi connectivity index (χ0n) is 9.77. The number of hydrogen-bond donors (Lipinski definition) is 3. The molecule has 90 valence electrons. The van der Waals surface area contributed by atoms with Crippen molar-refractivity contribution in [3.05, 3.63) is 17.5 Å². The van der Waals surface area contributed by atoms with Gasteiger partial charge in [0.15, 0.2) is 0 Å². The second-order valence-electron chi connectivity index (χ2n) is 3.75. The summed E-state index contributed by atoms with van der Waals surface area (Å²) in [6.07, 6.45) is 3.33. The Morgan fingerprint density at radius 2 is 2.44 bits per heavy atom. The van der Waals surface area contributed by atoms with Gasteiger partial charge in [-0.1, -0.05) is 5.16 Å². The van der Waals surface area contributed by atoms with E-state index in [0.717, 1.165) is 19.5 Å². The second kappa shape index (κ2) is 6.12. The molecule has 6 heteroatoms. The van der Waals surface area contributed by atoms with Crippen LogP contribution >= 0.6 is 0 Å². The predicted molar refractivity (Wildman–Crippen MR) is 62.3 cm³/mol. The van der Waals surface area contributed by atoms with Crippen molar-refractivity contribution in [3.63, 3.8) is 0 Å². The summed E-state index contributed by atoms with van der Waals surface area (Å²) in [5.41, 5.74) is 7.72. The Labute approximate surface area is 95.1 Å². The van der Waals surface area contributed by atoms with Crippen LogP contribution in [0.1, 0.15) is 24.1 Å². The van der Waals surface area contributed by atoms with Crippen LogP contribution in [0.2, 0.25) is 0 Å². The minimum Gasteiger partial charge on any atom is -0.409 e. The van der Waals surface area contributed by atoms with Crippen molar-refractivity contribution >= 4 is 5.84 Å². The molecule has 4 N–H and O–H groups in total. The fourth-order valence-electron chi connectivity index (χ4n) is 1.39. The largest absolute Gasteiger partial charge is 0.409 e. The van der Waals surface area contributed by atoms with E-state index in [1.807, 2.05) is 24.9 Å². The maximum atomic E-state index is 8.34. The molecule has 0 saturated carbocycles. The van der Waals surface area contributed by atoms with Crippen molar-refractivity contribution in [1.29, 1.82) is 0 Å². The van der Waals surface area contributed by atoms with E-state index in [1.165, 1.54) is 11.3 Å². The minimum absolute atomic E-state index is 0.277. The first kappa shape index (κ1) is 12.5. The Hall–Kier alpha value is -1.56. The van der Waals surface area contributed by atoms with Crippen LogP contribution in [-0.4, -0.2) is 27.4 Å². The third-order valence-corrected chi connectivity index (χ3v) is 2.57. The van der Waals surface area contributed by atoms with Crippen molar-refractivity contribution in [1.82, 2.24) is 15.1 Å². The quantitative estimate of drug-likeness (QED) is 0.214. The monoisotopic (exact) mass is 225 g/mol. The topological polar surface area (TPSA) is 88.5 Å². The van der Waals surface area contributed by atoms with Crippen molar-refractivity contribution in [2.45, 2.75) is 26.3 Å². The normalized spacial score (nSPS) is 12.0. The Bertz CT molecular complexity index is 358. The molecule has 0 saturated heterocycles. The second-order valence-corrected chi connectivity index (χ2v) is 3.75. The highest BCUT2D eigenvalue weighted by atomic mass is 16.4. The number of nitrogens with one attached hydrogen (secondary N) is 1. The minimum atomic E-state index is 0.277. The zero-order valence-corrected chi connectivity index (χ0v) is 9.77. The number of rotatable bonds is 6. The molecular formula is C10H19N5O. The summed E-state index contributed by atoms with van der Waals surface area (Å²) in [5, 5.41) is 18.7. The number of nitrogens with zero attached hydrogens (tertiary/aromatic N) is 3. The Balaban J connectivity index is 2.19. The molecular weight excluding hydrogens is 206 g/mol. The third-order valence-electron chi connectivity index (χ3n) is 2.57. The van der Waals surface area contributed by atoms with Crippen LogP contribution in [0.5, 0.6) is 0 Å². The van der Waals surface area contributed by atoms with Crippen LogP contribution < -0.4 is 11.1 Å². The number of nitrogens with two attached hydrogens (primary N) is 1. The van der Waals surface area contributed by atoms with E-state index in [1.54, 1.807) is 0 Å². The highest BCUT2D eigenvalue weighted by Gasteiger charge is 2.02. The molecule has 1 rings (SSSR count). The molecule has 0 aliphatic heterocycles. The van der Waals surface area contributed by atoms with Crippen molar-refractivity contribution in [2.75, 3.05) is 6.54 Å². The van der Waals surface area contributed by atoms with E-state index in [2.05, 4.69) is 15.6 Å². The summed E-state index contributed by atoms with van der Waals surface area (Å²) in [7, 11) is 1.93. The van der Waals surface area contributed by atoms with Gasteiger partial charge in [0, 0.05) is 31.3 Å². The summed E-state index contributed by atoms with van der Waals surface area (Å²) >= 11 is 0. The molecule has 0 fully saturated rings. The van der Waals surface area contributed by atoms with Gasteiger partial charge in [0.1, 0.15) is 5.84 Å². The third kappa shape index (κ3) is 3.54. The van der Waals surface area contributed by atoms with Crippen molar-refractivity contribution in [2.24, 2.45) is 17.9 Å². The maximum Gasteiger partial charge on any atom is 0.139 e. The van der Waals surface area contributed by atoms with Gasteiger partial charge in [0.25, 0.3) is 0 Å². The van der Waals surface area contributed by atoms with Crippen molar-refractivity contribution < 1.29 is 5.21 Å². The van der Waals surface area contributed by atoms with Crippen LogP contribution in [0.25, 0.3) is 0 Å². The van der Waals surface area contributed by atoms with Gasteiger partial charge in [-0.25, -0.2) is 0 Å². The van der Waals surface area contributed by atoms with Gasteiger partial charge in [0.05, 0.1) is 6.20 Å².